The highest BCUT2D eigenvalue weighted by Crippen LogP contribution is 2.42. The van der Waals surface area contributed by atoms with E-state index in [0.29, 0.717) is 6.04 Å². The number of nitrogens with zero attached hydrogens (tertiary/aromatic N) is 1. The molecule has 20 heavy (non-hydrogen) atoms. The molecule has 1 aliphatic carbocycles. The van der Waals surface area contributed by atoms with Crippen LogP contribution in [0, 0.1) is 0 Å². The van der Waals surface area contributed by atoms with E-state index in [2.05, 4.69) is 53.4 Å². The molecular weight excluding hydrogens is 244 g/mol. The Morgan fingerprint density at radius 2 is 1.60 bits per heavy atom. The minimum atomic E-state index is 0.202. The van der Waals surface area contributed by atoms with Crippen molar-refractivity contribution >= 4 is 0 Å². The van der Waals surface area contributed by atoms with Gasteiger partial charge in [0.25, 0.3) is 0 Å². The van der Waals surface area contributed by atoms with Gasteiger partial charge in [0.1, 0.15) is 0 Å². The van der Waals surface area contributed by atoms with Gasteiger partial charge in [-0.3, -0.25) is 4.90 Å². The van der Waals surface area contributed by atoms with Crippen molar-refractivity contribution in [1.82, 2.24) is 4.90 Å². The van der Waals surface area contributed by atoms with E-state index in [-0.39, 0.29) is 6.04 Å². The predicted molar refractivity (Wildman–Crippen MR) is 81.3 cm³/mol. The molecule has 0 amide bonds. The second-order valence-electron chi connectivity index (χ2n) is 5.98. The van der Waals surface area contributed by atoms with Crippen LogP contribution in [0.15, 0.2) is 48.5 Å². The fraction of sp³-hybridized carbons (Fsp3) is 0.333. The maximum atomic E-state index is 6.31. The van der Waals surface area contributed by atoms with Gasteiger partial charge >= 0.3 is 0 Å². The summed E-state index contributed by atoms with van der Waals surface area (Å²) in [5, 5.41) is 0. The van der Waals surface area contributed by atoms with Crippen molar-refractivity contribution in [3.05, 3.63) is 70.8 Å². The van der Waals surface area contributed by atoms with Crippen LogP contribution in [-0.2, 0) is 13.0 Å². The topological polar surface area (TPSA) is 29.3 Å². The Hall–Kier alpha value is -1.64. The number of hydrogen-bond donors (Lipinski definition) is 1. The van der Waals surface area contributed by atoms with Crippen LogP contribution in [0.1, 0.15) is 40.8 Å². The Morgan fingerprint density at radius 3 is 2.45 bits per heavy atom. The molecule has 2 aromatic carbocycles. The van der Waals surface area contributed by atoms with Crippen LogP contribution in [0.25, 0.3) is 0 Å². The largest absolute Gasteiger partial charge is 0.324 e. The van der Waals surface area contributed by atoms with E-state index in [0.717, 1.165) is 25.9 Å². The summed E-state index contributed by atoms with van der Waals surface area (Å²) in [6.07, 6.45) is 2.21. The SMILES string of the molecule is NC1CC(N2CCc3ccccc3C2)c2ccccc21. The molecule has 0 radical (unpaired) electrons. The van der Waals surface area contributed by atoms with E-state index in [1.54, 1.807) is 0 Å². The molecule has 2 atom stereocenters. The molecule has 0 fully saturated rings. The van der Waals surface area contributed by atoms with E-state index in [1.165, 1.54) is 22.3 Å². The molecule has 0 aromatic heterocycles. The lowest BCUT2D eigenvalue weighted by atomic mass is 9.97. The second-order valence-corrected chi connectivity index (χ2v) is 5.98. The van der Waals surface area contributed by atoms with Crippen LogP contribution >= 0.6 is 0 Å². The average molecular weight is 264 g/mol. The first-order chi connectivity index (χ1) is 9.83. The molecule has 2 aliphatic rings. The molecule has 102 valence electrons. The summed E-state index contributed by atoms with van der Waals surface area (Å²) >= 11 is 0. The van der Waals surface area contributed by atoms with Gasteiger partial charge in [-0.05, 0) is 35.1 Å². The first-order valence-electron chi connectivity index (χ1n) is 7.48. The van der Waals surface area contributed by atoms with Crippen LogP contribution in [0.4, 0.5) is 0 Å². The van der Waals surface area contributed by atoms with Crippen LogP contribution in [0.5, 0.6) is 0 Å². The van der Waals surface area contributed by atoms with Gasteiger partial charge in [-0.1, -0.05) is 48.5 Å². The Morgan fingerprint density at radius 1 is 0.900 bits per heavy atom. The van der Waals surface area contributed by atoms with E-state index in [9.17, 15) is 0 Å². The lowest BCUT2D eigenvalue weighted by Gasteiger charge is -2.34. The molecular formula is C18H20N2. The van der Waals surface area contributed by atoms with Crippen molar-refractivity contribution in [2.24, 2.45) is 5.73 Å². The van der Waals surface area contributed by atoms with Crippen molar-refractivity contribution in [3.63, 3.8) is 0 Å². The van der Waals surface area contributed by atoms with E-state index < -0.39 is 0 Å². The Balaban J connectivity index is 1.65. The highest BCUT2D eigenvalue weighted by Gasteiger charge is 2.33. The molecule has 2 nitrogen and oxygen atoms in total. The molecule has 0 spiro atoms. The van der Waals surface area contributed by atoms with Gasteiger partial charge in [0.05, 0.1) is 0 Å². The summed E-state index contributed by atoms with van der Waals surface area (Å²) in [6.45, 7) is 2.20. The van der Waals surface area contributed by atoms with Gasteiger partial charge in [-0.15, -0.1) is 0 Å². The van der Waals surface area contributed by atoms with Crippen molar-refractivity contribution in [1.29, 1.82) is 0 Å². The molecule has 0 saturated carbocycles. The zero-order valence-corrected chi connectivity index (χ0v) is 11.6. The molecule has 2 N–H and O–H groups in total. The van der Waals surface area contributed by atoms with E-state index >= 15 is 0 Å². The fourth-order valence-corrected chi connectivity index (χ4v) is 3.78. The van der Waals surface area contributed by atoms with Gasteiger partial charge < -0.3 is 5.73 Å². The lowest BCUT2D eigenvalue weighted by molar-refractivity contribution is 0.174. The number of nitrogens with two attached hydrogens (primary N) is 1. The lowest BCUT2D eigenvalue weighted by Crippen LogP contribution is -2.33. The summed E-state index contributed by atoms with van der Waals surface area (Å²) in [7, 11) is 0. The van der Waals surface area contributed by atoms with Gasteiger partial charge in [-0.2, -0.15) is 0 Å². The predicted octanol–water partition coefficient (Wildman–Crippen LogP) is 3.19. The van der Waals surface area contributed by atoms with Crippen molar-refractivity contribution in [2.45, 2.75) is 31.5 Å². The number of hydrogen-bond acceptors (Lipinski definition) is 2. The first kappa shape index (κ1) is 12.1. The fourth-order valence-electron chi connectivity index (χ4n) is 3.78. The molecule has 2 heteroatoms. The molecule has 0 saturated heterocycles. The molecule has 2 aromatic rings. The van der Waals surface area contributed by atoms with Crippen molar-refractivity contribution < 1.29 is 0 Å². The highest BCUT2D eigenvalue weighted by atomic mass is 15.2. The third-order valence-electron chi connectivity index (χ3n) is 4.83. The number of rotatable bonds is 1. The van der Waals surface area contributed by atoms with Crippen LogP contribution in [-0.4, -0.2) is 11.4 Å². The van der Waals surface area contributed by atoms with Gasteiger partial charge in [0.2, 0.25) is 0 Å². The van der Waals surface area contributed by atoms with E-state index in [1.807, 2.05) is 0 Å². The summed E-state index contributed by atoms with van der Waals surface area (Å²) < 4.78 is 0. The highest BCUT2D eigenvalue weighted by molar-refractivity contribution is 5.38. The van der Waals surface area contributed by atoms with Crippen LogP contribution in [0.3, 0.4) is 0 Å². The van der Waals surface area contributed by atoms with Crippen molar-refractivity contribution in [2.75, 3.05) is 6.54 Å². The molecule has 1 heterocycles. The zero-order valence-electron chi connectivity index (χ0n) is 11.6. The Kier molecular flexibility index (Phi) is 2.86. The summed E-state index contributed by atoms with van der Waals surface area (Å²) in [4.78, 5) is 2.61. The summed E-state index contributed by atoms with van der Waals surface area (Å²) in [5.74, 6) is 0. The molecule has 4 rings (SSSR count). The normalized spacial score (nSPS) is 25.2. The Bertz CT molecular complexity index is 635. The summed E-state index contributed by atoms with van der Waals surface area (Å²) in [6, 6.07) is 18.2. The molecule has 2 unspecified atom stereocenters. The van der Waals surface area contributed by atoms with Crippen LogP contribution < -0.4 is 5.73 Å². The third-order valence-corrected chi connectivity index (χ3v) is 4.83. The van der Waals surface area contributed by atoms with Gasteiger partial charge in [-0.25, -0.2) is 0 Å². The average Bonchev–Trinajstić information content (AvgIpc) is 2.85. The maximum Gasteiger partial charge on any atom is 0.0373 e. The van der Waals surface area contributed by atoms with Crippen molar-refractivity contribution in [3.8, 4) is 0 Å². The molecule has 1 aliphatic heterocycles. The quantitative estimate of drug-likeness (QED) is 0.857. The van der Waals surface area contributed by atoms with Gasteiger partial charge in [0.15, 0.2) is 0 Å². The Labute approximate surface area is 120 Å². The van der Waals surface area contributed by atoms with Crippen LogP contribution in [0.2, 0.25) is 0 Å². The first-order valence-corrected chi connectivity index (χ1v) is 7.48. The minimum Gasteiger partial charge on any atom is -0.324 e. The minimum absolute atomic E-state index is 0.202. The van der Waals surface area contributed by atoms with Gasteiger partial charge in [0, 0.05) is 25.2 Å². The smallest absolute Gasteiger partial charge is 0.0373 e. The number of benzene rings is 2. The zero-order chi connectivity index (χ0) is 13.5. The van der Waals surface area contributed by atoms with E-state index in [4.69, 9.17) is 5.73 Å². The standard InChI is InChI=1S/C18H20N2/c19-17-11-18(16-8-4-3-7-15(16)17)20-10-9-13-5-1-2-6-14(13)12-20/h1-8,17-18H,9-12,19H2. The number of fused-ring (bicyclic) bond motifs is 2. The third kappa shape index (κ3) is 1.88. The maximum absolute atomic E-state index is 6.31. The summed E-state index contributed by atoms with van der Waals surface area (Å²) in [5.41, 5.74) is 12.1. The monoisotopic (exact) mass is 264 g/mol. The second kappa shape index (κ2) is 4.72. The molecule has 0 bridgehead atoms.